The Kier molecular flexibility index (Phi) is 5.99. The maximum atomic E-state index is 11.6. The molecule has 1 saturated heterocycles. The molecular formula is C18H25NO3. The maximum absolute atomic E-state index is 11.6. The van der Waals surface area contributed by atoms with Gasteiger partial charge in [-0.1, -0.05) is 32.4 Å². The molecule has 1 fully saturated rings. The van der Waals surface area contributed by atoms with E-state index in [0.717, 1.165) is 30.3 Å². The van der Waals surface area contributed by atoms with E-state index in [9.17, 15) is 9.59 Å². The number of nitrogens with one attached hydrogen (secondary N) is 1. The number of hydrogen-bond donors (Lipinski definition) is 1. The van der Waals surface area contributed by atoms with E-state index >= 15 is 0 Å². The summed E-state index contributed by atoms with van der Waals surface area (Å²) < 4.78 is 5.72. The molecule has 0 saturated carbocycles. The van der Waals surface area contributed by atoms with Crippen molar-refractivity contribution < 1.29 is 14.3 Å². The summed E-state index contributed by atoms with van der Waals surface area (Å²) in [6.45, 7) is 5.21. The second kappa shape index (κ2) is 7.97. The van der Waals surface area contributed by atoms with Crippen LogP contribution in [-0.2, 0) is 16.0 Å². The first kappa shape index (κ1) is 16.5. The van der Waals surface area contributed by atoms with Crippen LogP contribution in [-0.4, -0.2) is 18.4 Å². The first-order valence-electron chi connectivity index (χ1n) is 8.10. The second-order valence-corrected chi connectivity index (χ2v) is 6.40. The fraction of sp³-hybridized carbons (Fsp3) is 0.556. The van der Waals surface area contributed by atoms with E-state index in [0.29, 0.717) is 12.8 Å². The summed E-state index contributed by atoms with van der Waals surface area (Å²) >= 11 is 0. The molecule has 2 amide bonds. The molecule has 1 aromatic carbocycles. The number of carbonyl (C=O) groups is 2. The van der Waals surface area contributed by atoms with Crippen molar-refractivity contribution >= 4 is 11.8 Å². The van der Waals surface area contributed by atoms with E-state index in [-0.39, 0.29) is 17.7 Å². The minimum absolute atomic E-state index is 0.157. The van der Waals surface area contributed by atoms with Crippen LogP contribution >= 0.6 is 0 Å². The molecule has 4 nitrogen and oxygen atoms in total. The van der Waals surface area contributed by atoms with Crippen LogP contribution in [0.5, 0.6) is 5.75 Å². The van der Waals surface area contributed by atoms with Gasteiger partial charge in [0.2, 0.25) is 11.8 Å². The Labute approximate surface area is 132 Å². The highest BCUT2D eigenvalue weighted by Crippen LogP contribution is 2.20. The van der Waals surface area contributed by atoms with Crippen molar-refractivity contribution in [3.8, 4) is 5.75 Å². The Morgan fingerprint density at radius 1 is 1.18 bits per heavy atom. The Balaban J connectivity index is 1.73. The van der Waals surface area contributed by atoms with Crippen molar-refractivity contribution in [1.82, 2.24) is 5.32 Å². The van der Waals surface area contributed by atoms with E-state index < -0.39 is 0 Å². The summed E-state index contributed by atoms with van der Waals surface area (Å²) in [4.78, 5) is 22.7. The number of hydrogen-bond acceptors (Lipinski definition) is 3. The maximum Gasteiger partial charge on any atom is 0.230 e. The van der Waals surface area contributed by atoms with Gasteiger partial charge in [0.1, 0.15) is 5.75 Å². The van der Waals surface area contributed by atoms with Crippen LogP contribution in [0.25, 0.3) is 0 Å². The summed E-state index contributed by atoms with van der Waals surface area (Å²) in [6, 6.07) is 7.82. The number of ether oxygens (including phenoxy) is 1. The zero-order valence-electron chi connectivity index (χ0n) is 13.4. The summed E-state index contributed by atoms with van der Waals surface area (Å²) in [6.07, 6.45) is 4.41. The van der Waals surface area contributed by atoms with Gasteiger partial charge in [0.05, 0.1) is 12.5 Å². The van der Waals surface area contributed by atoms with Gasteiger partial charge in [-0.05, 0) is 42.9 Å². The molecule has 0 aromatic heterocycles. The molecule has 0 bridgehead atoms. The summed E-state index contributed by atoms with van der Waals surface area (Å²) in [5, 5.41) is 2.34. The predicted molar refractivity (Wildman–Crippen MR) is 85.6 cm³/mol. The Hall–Kier alpha value is -1.84. The standard InChI is InChI=1S/C18H25NO3/c1-13(2)5-3-4-10-22-16-8-6-14(7-9-16)11-15-12-17(20)19-18(15)21/h6-9,13,15H,3-5,10-12H2,1-2H3,(H,19,20,21). The normalized spacial score (nSPS) is 17.9. The van der Waals surface area contributed by atoms with E-state index in [1.165, 1.54) is 12.8 Å². The zero-order valence-corrected chi connectivity index (χ0v) is 13.4. The molecule has 0 spiro atoms. The quantitative estimate of drug-likeness (QED) is 0.593. The molecule has 2 rings (SSSR count). The van der Waals surface area contributed by atoms with Gasteiger partial charge in [0.25, 0.3) is 0 Å². The zero-order chi connectivity index (χ0) is 15.9. The molecule has 1 heterocycles. The molecule has 1 N–H and O–H groups in total. The largest absolute Gasteiger partial charge is 0.494 e. The SMILES string of the molecule is CC(C)CCCCOc1ccc(CC2CC(=O)NC2=O)cc1. The van der Waals surface area contributed by atoms with Crippen molar-refractivity contribution in [3.05, 3.63) is 29.8 Å². The van der Waals surface area contributed by atoms with Crippen molar-refractivity contribution in [2.24, 2.45) is 11.8 Å². The van der Waals surface area contributed by atoms with Gasteiger partial charge in [-0.3, -0.25) is 14.9 Å². The molecule has 1 aliphatic heterocycles. The van der Waals surface area contributed by atoms with Crippen LogP contribution < -0.4 is 10.1 Å². The van der Waals surface area contributed by atoms with Crippen LogP contribution in [0.3, 0.4) is 0 Å². The Morgan fingerprint density at radius 2 is 1.91 bits per heavy atom. The molecule has 1 aromatic rings. The minimum atomic E-state index is -0.227. The van der Waals surface area contributed by atoms with Gasteiger partial charge in [-0.15, -0.1) is 0 Å². The average Bonchev–Trinajstić information content (AvgIpc) is 2.78. The molecule has 120 valence electrons. The first-order chi connectivity index (χ1) is 10.5. The minimum Gasteiger partial charge on any atom is -0.494 e. The van der Waals surface area contributed by atoms with Gasteiger partial charge in [0.15, 0.2) is 0 Å². The van der Waals surface area contributed by atoms with Crippen molar-refractivity contribution in [2.45, 2.75) is 46.0 Å². The third kappa shape index (κ3) is 5.17. The van der Waals surface area contributed by atoms with Gasteiger partial charge in [0, 0.05) is 6.42 Å². The topological polar surface area (TPSA) is 55.4 Å². The smallest absolute Gasteiger partial charge is 0.230 e. The van der Waals surface area contributed by atoms with Gasteiger partial charge in [-0.2, -0.15) is 0 Å². The van der Waals surface area contributed by atoms with Crippen LogP contribution in [0, 0.1) is 11.8 Å². The number of imide groups is 1. The molecule has 4 heteroatoms. The Morgan fingerprint density at radius 3 is 2.50 bits per heavy atom. The van der Waals surface area contributed by atoms with Crippen LogP contribution in [0.4, 0.5) is 0 Å². The van der Waals surface area contributed by atoms with Gasteiger partial charge >= 0.3 is 0 Å². The molecular weight excluding hydrogens is 278 g/mol. The fourth-order valence-electron chi connectivity index (χ4n) is 2.62. The van der Waals surface area contributed by atoms with E-state index in [2.05, 4.69) is 19.2 Å². The van der Waals surface area contributed by atoms with Crippen molar-refractivity contribution in [3.63, 3.8) is 0 Å². The van der Waals surface area contributed by atoms with Crippen molar-refractivity contribution in [1.29, 1.82) is 0 Å². The average molecular weight is 303 g/mol. The van der Waals surface area contributed by atoms with Crippen LogP contribution in [0.15, 0.2) is 24.3 Å². The third-order valence-corrected chi connectivity index (χ3v) is 3.92. The monoisotopic (exact) mass is 303 g/mol. The summed E-state index contributed by atoms with van der Waals surface area (Å²) in [5.74, 6) is 1.06. The highest BCUT2D eigenvalue weighted by Gasteiger charge is 2.30. The number of benzene rings is 1. The van der Waals surface area contributed by atoms with Gasteiger partial charge < -0.3 is 4.74 Å². The van der Waals surface area contributed by atoms with Crippen LogP contribution in [0.2, 0.25) is 0 Å². The molecule has 1 unspecified atom stereocenters. The summed E-state index contributed by atoms with van der Waals surface area (Å²) in [7, 11) is 0. The van der Waals surface area contributed by atoms with E-state index in [1.807, 2.05) is 24.3 Å². The second-order valence-electron chi connectivity index (χ2n) is 6.40. The number of amides is 2. The lowest BCUT2D eigenvalue weighted by molar-refractivity contribution is -0.125. The molecule has 0 aliphatic carbocycles. The van der Waals surface area contributed by atoms with Crippen LogP contribution in [0.1, 0.15) is 45.1 Å². The van der Waals surface area contributed by atoms with Gasteiger partial charge in [-0.25, -0.2) is 0 Å². The number of unbranched alkanes of at least 4 members (excludes halogenated alkanes) is 1. The van der Waals surface area contributed by atoms with E-state index in [4.69, 9.17) is 4.74 Å². The number of rotatable bonds is 8. The van der Waals surface area contributed by atoms with Crippen molar-refractivity contribution in [2.75, 3.05) is 6.61 Å². The predicted octanol–water partition coefficient (Wildman–Crippen LogP) is 3.10. The molecule has 0 radical (unpaired) electrons. The highest BCUT2D eigenvalue weighted by molar-refractivity contribution is 6.03. The van der Waals surface area contributed by atoms with E-state index in [1.54, 1.807) is 0 Å². The molecule has 22 heavy (non-hydrogen) atoms. The lowest BCUT2D eigenvalue weighted by Gasteiger charge is -2.09. The molecule has 1 aliphatic rings. The fourth-order valence-corrected chi connectivity index (χ4v) is 2.62. The number of carbonyl (C=O) groups excluding carboxylic acids is 2. The molecule has 1 atom stereocenters. The first-order valence-corrected chi connectivity index (χ1v) is 8.10. The lowest BCUT2D eigenvalue weighted by Crippen LogP contribution is -2.22. The Bertz CT molecular complexity index is 508. The lowest BCUT2D eigenvalue weighted by atomic mass is 9.98. The third-order valence-electron chi connectivity index (χ3n) is 3.92. The summed E-state index contributed by atoms with van der Waals surface area (Å²) in [5.41, 5.74) is 1.06. The highest BCUT2D eigenvalue weighted by atomic mass is 16.5.